The van der Waals surface area contributed by atoms with E-state index in [4.69, 9.17) is 14.2 Å². The molecule has 4 nitrogen and oxygen atoms in total. The second-order valence-corrected chi connectivity index (χ2v) is 4.17. The van der Waals surface area contributed by atoms with Gasteiger partial charge in [0.2, 0.25) is 0 Å². The van der Waals surface area contributed by atoms with Crippen LogP contribution in [0, 0.1) is 0 Å². The molecule has 0 spiro atoms. The number of esters is 1. The van der Waals surface area contributed by atoms with E-state index >= 15 is 0 Å². The Labute approximate surface area is 108 Å². The molecular weight excluding hydrogens is 232 g/mol. The maximum absolute atomic E-state index is 11.9. The smallest absolute Gasteiger partial charge is 0.338 e. The van der Waals surface area contributed by atoms with Gasteiger partial charge in [-0.05, 0) is 30.5 Å². The first-order valence-corrected chi connectivity index (χ1v) is 5.98. The predicted octanol–water partition coefficient (Wildman–Crippen LogP) is 3.00. The van der Waals surface area contributed by atoms with Gasteiger partial charge in [-0.3, -0.25) is 0 Å². The molecule has 0 amide bonds. The van der Waals surface area contributed by atoms with Crippen molar-refractivity contribution in [1.29, 1.82) is 0 Å². The van der Waals surface area contributed by atoms with Crippen LogP contribution in [0.5, 0.6) is 11.5 Å². The van der Waals surface area contributed by atoms with Crippen molar-refractivity contribution in [2.24, 2.45) is 0 Å². The van der Waals surface area contributed by atoms with Gasteiger partial charge in [0.15, 0.2) is 11.5 Å². The van der Waals surface area contributed by atoms with E-state index < -0.39 is 0 Å². The molecule has 0 aliphatic rings. The van der Waals surface area contributed by atoms with Crippen molar-refractivity contribution < 1.29 is 19.0 Å². The molecule has 0 N–H and O–H groups in total. The highest BCUT2D eigenvalue weighted by Crippen LogP contribution is 2.34. The summed E-state index contributed by atoms with van der Waals surface area (Å²) in [6.07, 6.45) is 0. The third-order valence-electron chi connectivity index (χ3n) is 2.67. The molecule has 100 valence electrons. The monoisotopic (exact) mass is 252 g/mol. The van der Waals surface area contributed by atoms with Crippen LogP contribution in [-0.4, -0.2) is 26.8 Å². The molecule has 1 rings (SSSR count). The number of carbonyl (C=O) groups is 1. The van der Waals surface area contributed by atoms with Gasteiger partial charge in [0.25, 0.3) is 0 Å². The fraction of sp³-hybridized carbons (Fsp3) is 0.500. The molecule has 4 heteroatoms. The van der Waals surface area contributed by atoms with Crippen molar-refractivity contribution >= 4 is 5.97 Å². The van der Waals surface area contributed by atoms with Gasteiger partial charge in [0, 0.05) is 0 Å². The molecule has 0 heterocycles. The average molecular weight is 252 g/mol. The standard InChI is InChI=1S/C14H20O4/c1-6-18-14(15)11-8-13(17-5)12(16-4)7-10(11)9(2)3/h7-9H,6H2,1-5H3. The Morgan fingerprint density at radius 1 is 1.17 bits per heavy atom. The maximum atomic E-state index is 11.9. The first-order chi connectivity index (χ1) is 8.54. The number of benzene rings is 1. The van der Waals surface area contributed by atoms with Crippen LogP contribution in [0.3, 0.4) is 0 Å². The summed E-state index contributed by atoms with van der Waals surface area (Å²) in [6.45, 7) is 6.17. The molecule has 0 aromatic heterocycles. The molecule has 0 saturated carbocycles. The lowest BCUT2D eigenvalue weighted by Gasteiger charge is -2.16. The minimum Gasteiger partial charge on any atom is -0.493 e. The number of hydrogen-bond acceptors (Lipinski definition) is 4. The molecule has 1 aromatic rings. The Kier molecular flexibility index (Phi) is 5.01. The van der Waals surface area contributed by atoms with Crippen LogP contribution in [0.25, 0.3) is 0 Å². The molecule has 0 atom stereocenters. The molecular formula is C14H20O4. The van der Waals surface area contributed by atoms with E-state index in [1.807, 2.05) is 19.9 Å². The Morgan fingerprint density at radius 3 is 2.17 bits per heavy atom. The highest BCUT2D eigenvalue weighted by molar-refractivity contribution is 5.92. The lowest BCUT2D eigenvalue weighted by atomic mass is 9.96. The van der Waals surface area contributed by atoms with Gasteiger partial charge in [-0.15, -0.1) is 0 Å². The topological polar surface area (TPSA) is 44.8 Å². The minimum atomic E-state index is -0.331. The van der Waals surface area contributed by atoms with Crippen LogP contribution >= 0.6 is 0 Å². The summed E-state index contributed by atoms with van der Waals surface area (Å²) in [5, 5.41) is 0. The average Bonchev–Trinajstić information content (AvgIpc) is 2.37. The fourth-order valence-electron chi connectivity index (χ4n) is 1.76. The van der Waals surface area contributed by atoms with Gasteiger partial charge in [-0.1, -0.05) is 13.8 Å². The molecule has 0 radical (unpaired) electrons. The van der Waals surface area contributed by atoms with Gasteiger partial charge >= 0.3 is 5.97 Å². The van der Waals surface area contributed by atoms with E-state index in [0.717, 1.165) is 5.56 Å². The van der Waals surface area contributed by atoms with Crippen LogP contribution in [0.2, 0.25) is 0 Å². The fourth-order valence-corrected chi connectivity index (χ4v) is 1.76. The normalized spacial score (nSPS) is 10.3. The second-order valence-electron chi connectivity index (χ2n) is 4.17. The van der Waals surface area contributed by atoms with Gasteiger partial charge in [-0.2, -0.15) is 0 Å². The third-order valence-corrected chi connectivity index (χ3v) is 2.67. The summed E-state index contributed by atoms with van der Waals surface area (Å²) in [6, 6.07) is 3.50. The molecule has 1 aromatic carbocycles. The van der Waals surface area contributed by atoms with Crippen LogP contribution in [-0.2, 0) is 4.74 Å². The zero-order chi connectivity index (χ0) is 13.7. The lowest BCUT2D eigenvalue weighted by molar-refractivity contribution is 0.0524. The number of carbonyl (C=O) groups excluding carboxylic acids is 1. The summed E-state index contributed by atoms with van der Waals surface area (Å²) < 4.78 is 15.5. The molecule has 0 saturated heterocycles. The van der Waals surface area contributed by atoms with E-state index in [0.29, 0.717) is 23.7 Å². The number of ether oxygens (including phenoxy) is 3. The van der Waals surface area contributed by atoms with E-state index in [1.54, 1.807) is 27.2 Å². The quantitative estimate of drug-likeness (QED) is 0.756. The lowest BCUT2D eigenvalue weighted by Crippen LogP contribution is -2.10. The highest BCUT2D eigenvalue weighted by Gasteiger charge is 2.19. The molecule has 18 heavy (non-hydrogen) atoms. The number of rotatable bonds is 5. The van der Waals surface area contributed by atoms with Gasteiger partial charge in [0.1, 0.15) is 0 Å². The SMILES string of the molecule is CCOC(=O)c1cc(OC)c(OC)cc1C(C)C. The van der Waals surface area contributed by atoms with Crippen LogP contribution in [0.1, 0.15) is 42.6 Å². The molecule has 0 aliphatic heterocycles. The van der Waals surface area contributed by atoms with Crippen molar-refractivity contribution in [3.05, 3.63) is 23.3 Å². The van der Waals surface area contributed by atoms with E-state index in [2.05, 4.69) is 0 Å². The molecule has 0 unspecified atom stereocenters. The second kappa shape index (κ2) is 6.28. The van der Waals surface area contributed by atoms with Crippen LogP contribution in [0.4, 0.5) is 0 Å². The van der Waals surface area contributed by atoms with Crippen LogP contribution in [0.15, 0.2) is 12.1 Å². The number of methoxy groups -OCH3 is 2. The van der Waals surface area contributed by atoms with E-state index in [9.17, 15) is 4.79 Å². The zero-order valence-electron chi connectivity index (χ0n) is 11.6. The zero-order valence-corrected chi connectivity index (χ0v) is 11.6. The highest BCUT2D eigenvalue weighted by atomic mass is 16.5. The van der Waals surface area contributed by atoms with Crippen molar-refractivity contribution in [3.8, 4) is 11.5 Å². The maximum Gasteiger partial charge on any atom is 0.338 e. The predicted molar refractivity (Wildman–Crippen MR) is 69.6 cm³/mol. The van der Waals surface area contributed by atoms with E-state index in [1.165, 1.54) is 0 Å². The Bertz CT molecular complexity index is 424. The molecule has 0 aliphatic carbocycles. The first kappa shape index (κ1) is 14.4. The summed E-state index contributed by atoms with van der Waals surface area (Å²) in [5.41, 5.74) is 1.43. The largest absolute Gasteiger partial charge is 0.493 e. The summed E-state index contributed by atoms with van der Waals surface area (Å²) in [5.74, 6) is 1.02. The summed E-state index contributed by atoms with van der Waals surface area (Å²) >= 11 is 0. The van der Waals surface area contributed by atoms with Gasteiger partial charge in [0.05, 0.1) is 26.4 Å². The van der Waals surface area contributed by atoms with Crippen molar-refractivity contribution in [1.82, 2.24) is 0 Å². The van der Waals surface area contributed by atoms with Crippen molar-refractivity contribution in [2.45, 2.75) is 26.7 Å². The molecule has 0 bridgehead atoms. The van der Waals surface area contributed by atoms with Crippen molar-refractivity contribution in [2.75, 3.05) is 20.8 Å². The Hall–Kier alpha value is -1.71. The first-order valence-electron chi connectivity index (χ1n) is 5.98. The number of hydrogen-bond donors (Lipinski definition) is 0. The summed E-state index contributed by atoms with van der Waals surface area (Å²) in [7, 11) is 3.12. The summed E-state index contributed by atoms with van der Waals surface area (Å²) in [4.78, 5) is 11.9. The van der Waals surface area contributed by atoms with Gasteiger partial charge < -0.3 is 14.2 Å². The minimum absolute atomic E-state index is 0.198. The Morgan fingerprint density at radius 2 is 1.72 bits per heavy atom. The van der Waals surface area contributed by atoms with Gasteiger partial charge in [-0.25, -0.2) is 4.79 Å². The molecule has 0 fully saturated rings. The third kappa shape index (κ3) is 2.94. The van der Waals surface area contributed by atoms with E-state index in [-0.39, 0.29) is 11.9 Å². The van der Waals surface area contributed by atoms with Crippen LogP contribution < -0.4 is 9.47 Å². The van der Waals surface area contributed by atoms with Crippen molar-refractivity contribution in [3.63, 3.8) is 0 Å². The Balaban J connectivity index is 3.33.